The van der Waals surface area contributed by atoms with Crippen LogP contribution in [0.4, 0.5) is 0 Å². The summed E-state index contributed by atoms with van der Waals surface area (Å²) in [5.74, 6) is -1.57. The van der Waals surface area contributed by atoms with Gasteiger partial charge in [0.05, 0.1) is 5.92 Å². The quantitative estimate of drug-likeness (QED) is 0.844. The van der Waals surface area contributed by atoms with Crippen LogP contribution in [0.25, 0.3) is 0 Å². The third kappa shape index (κ3) is 3.21. The van der Waals surface area contributed by atoms with Crippen LogP contribution < -0.4 is 5.56 Å². The van der Waals surface area contributed by atoms with Gasteiger partial charge in [-0.25, -0.2) is 0 Å². The van der Waals surface area contributed by atoms with Crippen LogP contribution in [0.2, 0.25) is 0 Å². The van der Waals surface area contributed by atoms with Crippen molar-refractivity contribution in [2.45, 2.75) is 19.4 Å². The van der Waals surface area contributed by atoms with Crippen molar-refractivity contribution in [1.29, 1.82) is 0 Å². The molecule has 0 aromatic carbocycles. The van der Waals surface area contributed by atoms with E-state index in [4.69, 9.17) is 5.11 Å². The van der Waals surface area contributed by atoms with Crippen molar-refractivity contribution in [2.75, 3.05) is 13.1 Å². The molecule has 0 bridgehead atoms. The molecule has 1 amide bonds. The number of likely N-dealkylation sites (tertiary alicyclic amines) is 1. The molecule has 0 unspecified atom stereocenters. The first-order valence-corrected chi connectivity index (χ1v) is 6.24. The molecule has 1 fully saturated rings. The van der Waals surface area contributed by atoms with Crippen molar-refractivity contribution in [2.24, 2.45) is 5.92 Å². The molecule has 0 saturated carbocycles. The van der Waals surface area contributed by atoms with Crippen LogP contribution in [-0.4, -0.2) is 39.5 Å². The summed E-state index contributed by atoms with van der Waals surface area (Å²) < 4.78 is 1.33. The van der Waals surface area contributed by atoms with Gasteiger partial charge in [-0.15, -0.1) is 0 Å². The first kappa shape index (κ1) is 13.3. The van der Waals surface area contributed by atoms with Gasteiger partial charge in [-0.3, -0.25) is 14.4 Å². The molecule has 6 nitrogen and oxygen atoms in total. The van der Waals surface area contributed by atoms with Gasteiger partial charge in [-0.05, 0) is 18.9 Å². The highest BCUT2D eigenvalue weighted by Gasteiger charge is 2.28. The van der Waals surface area contributed by atoms with Gasteiger partial charge in [0.2, 0.25) is 5.91 Å². The fourth-order valence-corrected chi connectivity index (χ4v) is 2.24. The van der Waals surface area contributed by atoms with Gasteiger partial charge in [-0.1, -0.05) is 6.07 Å². The van der Waals surface area contributed by atoms with Crippen molar-refractivity contribution in [1.82, 2.24) is 9.47 Å². The van der Waals surface area contributed by atoms with Gasteiger partial charge >= 0.3 is 5.97 Å². The zero-order valence-electron chi connectivity index (χ0n) is 10.5. The molecule has 1 aliphatic heterocycles. The Kier molecular flexibility index (Phi) is 3.99. The molecule has 102 valence electrons. The van der Waals surface area contributed by atoms with Gasteiger partial charge < -0.3 is 14.6 Å². The number of carboxylic acid groups (broad SMARTS) is 1. The Hall–Kier alpha value is -2.11. The molecule has 1 aromatic rings. The maximum atomic E-state index is 12.1. The number of carboxylic acids is 1. The monoisotopic (exact) mass is 264 g/mol. The zero-order chi connectivity index (χ0) is 13.8. The van der Waals surface area contributed by atoms with Crippen LogP contribution >= 0.6 is 0 Å². The Morgan fingerprint density at radius 3 is 2.84 bits per heavy atom. The number of amides is 1. The van der Waals surface area contributed by atoms with E-state index in [-0.39, 0.29) is 24.6 Å². The molecule has 1 N–H and O–H groups in total. The van der Waals surface area contributed by atoms with Gasteiger partial charge in [-0.2, -0.15) is 0 Å². The Morgan fingerprint density at radius 1 is 1.37 bits per heavy atom. The standard InChI is InChI=1S/C13H16N2O4/c16-11-5-1-2-6-15(11)9-12(17)14-7-3-4-10(8-14)13(18)19/h1-2,5-6,10H,3-4,7-9H2,(H,18,19)/t10-/m0/s1. The largest absolute Gasteiger partial charge is 0.481 e. The van der Waals surface area contributed by atoms with Crippen LogP contribution in [0.15, 0.2) is 29.2 Å². The van der Waals surface area contributed by atoms with Crippen molar-refractivity contribution < 1.29 is 14.7 Å². The lowest BCUT2D eigenvalue weighted by Crippen LogP contribution is -2.44. The second-order valence-corrected chi connectivity index (χ2v) is 4.68. The fourth-order valence-electron chi connectivity index (χ4n) is 2.24. The number of rotatable bonds is 3. The summed E-state index contributed by atoms with van der Waals surface area (Å²) in [6, 6.07) is 4.69. The van der Waals surface area contributed by atoms with E-state index in [9.17, 15) is 14.4 Å². The second-order valence-electron chi connectivity index (χ2n) is 4.68. The van der Waals surface area contributed by atoms with E-state index in [2.05, 4.69) is 0 Å². The maximum Gasteiger partial charge on any atom is 0.308 e. The lowest BCUT2D eigenvalue weighted by atomic mass is 9.98. The molecular weight excluding hydrogens is 248 g/mol. The number of aliphatic carboxylic acids is 1. The topological polar surface area (TPSA) is 79.6 Å². The predicted octanol–water partition coefficient (Wildman–Crippen LogP) is 0.171. The summed E-state index contributed by atoms with van der Waals surface area (Å²) in [6.45, 7) is 0.756. The summed E-state index contributed by atoms with van der Waals surface area (Å²) in [5.41, 5.74) is -0.234. The molecular formula is C13H16N2O4. The molecule has 0 radical (unpaired) electrons. The lowest BCUT2D eigenvalue weighted by molar-refractivity contribution is -0.145. The number of carbonyl (C=O) groups excluding carboxylic acids is 1. The SMILES string of the molecule is O=C(O)[C@H]1CCCN(C(=O)Cn2ccccc2=O)C1. The minimum atomic E-state index is -0.866. The summed E-state index contributed by atoms with van der Waals surface area (Å²) in [5, 5.41) is 8.98. The lowest BCUT2D eigenvalue weighted by Gasteiger charge is -2.30. The van der Waals surface area contributed by atoms with E-state index < -0.39 is 11.9 Å². The molecule has 2 rings (SSSR count). The van der Waals surface area contributed by atoms with Gasteiger partial charge in [0, 0.05) is 25.4 Å². The molecule has 1 aromatic heterocycles. The summed E-state index contributed by atoms with van der Waals surface area (Å²) in [7, 11) is 0. The van der Waals surface area contributed by atoms with Crippen LogP contribution in [0.3, 0.4) is 0 Å². The van der Waals surface area contributed by atoms with Crippen molar-refractivity contribution in [3.63, 3.8) is 0 Å². The van der Waals surface area contributed by atoms with Crippen molar-refractivity contribution in [3.05, 3.63) is 34.7 Å². The summed E-state index contributed by atoms with van der Waals surface area (Å²) in [4.78, 5) is 36.0. The van der Waals surface area contributed by atoms with E-state index in [1.165, 1.54) is 15.5 Å². The first-order chi connectivity index (χ1) is 9.08. The smallest absolute Gasteiger partial charge is 0.308 e. The average Bonchev–Trinajstić information content (AvgIpc) is 2.41. The first-order valence-electron chi connectivity index (χ1n) is 6.24. The fraction of sp³-hybridized carbons (Fsp3) is 0.462. The Labute approximate surface area is 110 Å². The third-order valence-electron chi connectivity index (χ3n) is 3.33. The molecule has 0 aliphatic carbocycles. The van der Waals surface area contributed by atoms with Gasteiger partial charge in [0.1, 0.15) is 6.54 Å². The minimum absolute atomic E-state index is 0.0357. The van der Waals surface area contributed by atoms with E-state index >= 15 is 0 Å². The minimum Gasteiger partial charge on any atom is -0.481 e. The van der Waals surface area contributed by atoms with Crippen LogP contribution in [0.5, 0.6) is 0 Å². The van der Waals surface area contributed by atoms with E-state index in [1.807, 2.05) is 0 Å². The number of aromatic nitrogens is 1. The van der Waals surface area contributed by atoms with Crippen molar-refractivity contribution >= 4 is 11.9 Å². The molecule has 0 spiro atoms. The summed E-state index contributed by atoms with van der Waals surface area (Å²) in [6.07, 6.45) is 2.84. The molecule has 1 atom stereocenters. The van der Waals surface area contributed by atoms with Gasteiger partial charge in [0.25, 0.3) is 5.56 Å². The zero-order valence-corrected chi connectivity index (χ0v) is 10.5. The number of carbonyl (C=O) groups is 2. The highest BCUT2D eigenvalue weighted by molar-refractivity contribution is 5.77. The second kappa shape index (κ2) is 5.69. The number of pyridine rings is 1. The van der Waals surface area contributed by atoms with E-state index in [0.717, 1.165) is 0 Å². The number of nitrogens with zero attached hydrogens (tertiary/aromatic N) is 2. The Morgan fingerprint density at radius 2 is 2.16 bits per heavy atom. The highest BCUT2D eigenvalue weighted by atomic mass is 16.4. The van der Waals surface area contributed by atoms with Crippen LogP contribution in [0.1, 0.15) is 12.8 Å². The highest BCUT2D eigenvalue weighted by Crippen LogP contribution is 2.16. The third-order valence-corrected chi connectivity index (χ3v) is 3.33. The number of piperidine rings is 1. The normalized spacial score (nSPS) is 19.2. The van der Waals surface area contributed by atoms with E-state index in [1.54, 1.807) is 18.3 Å². The molecule has 1 saturated heterocycles. The summed E-state index contributed by atoms with van der Waals surface area (Å²) >= 11 is 0. The number of hydrogen-bond donors (Lipinski definition) is 1. The Bertz CT molecular complexity index is 537. The van der Waals surface area contributed by atoms with Gasteiger partial charge in [0.15, 0.2) is 0 Å². The molecule has 2 heterocycles. The predicted molar refractivity (Wildman–Crippen MR) is 67.6 cm³/mol. The molecule has 1 aliphatic rings. The van der Waals surface area contributed by atoms with Crippen LogP contribution in [0, 0.1) is 5.92 Å². The average molecular weight is 264 g/mol. The Balaban J connectivity index is 2.02. The molecule has 6 heteroatoms. The van der Waals surface area contributed by atoms with Crippen LogP contribution in [-0.2, 0) is 16.1 Å². The van der Waals surface area contributed by atoms with E-state index in [0.29, 0.717) is 19.4 Å². The molecule has 19 heavy (non-hydrogen) atoms. The number of hydrogen-bond acceptors (Lipinski definition) is 3. The van der Waals surface area contributed by atoms with Crippen molar-refractivity contribution in [3.8, 4) is 0 Å². The maximum absolute atomic E-state index is 12.1.